The number of rotatable bonds is 4. The molecule has 124 valence electrons. The average molecular weight is 338 g/mol. The molecule has 0 amide bonds. The van der Waals surface area contributed by atoms with E-state index in [2.05, 4.69) is 10.3 Å². The van der Waals surface area contributed by atoms with Crippen LogP contribution in [-0.4, -0.2) is 30.8 Å². The zero-order valence-electron chi connectivity index (χ0n) is 13.2. The summed E-state index contributed by atoms with van der Waals surface area (Å²) in [7, 11) is -3.61. The Morgan fingerprint density at radius 1 is 1.35 bits per heavy atom. The lowest BCUT2D eigenvalue weighted by molar-refractivity contribution is 0.0123. The van der Waals surface area contributed by atoms with Crippen molar-refractivity contribution in [2.24, 2.45) is 5.16 Å². The van der Waals surface area contributed by atoms with Crippen molar-refractivity contribution < 1.29 is 22.5 Å². The van der Waals surface area contributed by atoms with Gasteiger partial charge in [-0.05, 0) is 39.0 Å². The van der Waals surface area contributed by atoms with E-state index < -0.39 is 15.4 Å². The van der Waals surface area contributed by atoms with Gasteiger partial charge in [-0.15, -0.1) is 0 Å². The summed E-state index contributed by atoms with van der Waals surface area (Å²) >= 11 is 0. The van der Waals surface area contributed by atoms with Crippen LogP contribution in [0.15, 0.2) is 27.9 Å². The maximum atomic E-state index is 12.5. The molecule has 3 rings (SSSR count). The van der Waals surface area contributed by atoms with E-state index in [4.69, 9.17) is 14.1 Å². The average Bonchev–Trinajstić information content (AvgIpc) is 3.03. The fraction of sp³-hybridized carbons (Fsp3) is 0.467. The number of fused-ring (bicyclic) bond motifs is 1. The Morgan fingerprint density at radius 2 is 2.13 bits per heavy atom. The van der Waals surface area contributed by atoms with Crippen molar-refractivity contribution in [2.75, 3.05) is 6.61 Å². The molecule has 1 aliphatic heterocycles. The molecule has 2 heterocycles. The smallest absolute Gasteiger partial charge is 0.200 e. The van der Waals surface area contributed by atoms with E-state index in [1.807, 2.05) is 6.92 Å². The molecule has 0 saturated heterocycles. The van der Waals surface area contributed by atoms with Crippen LogP contribution in [0.25, 0.3) is 11.0 Å². The van der Waals surface area contributed by atoms with E-state index in [1.165, 1.54) is 0 Å². The van der Waals surface area contributed by atoms with Crippen LogP contribution < -0.4 is 4.74 Å². The molecule has 7 nitrogen and oxygen atoms in total. The highest BCUT2D eigenvalue weighted by molar-refractivity contribution is 8.05. The van der Waals surface area contributed by atoms with E-state index in [0.29, 0.717) is 29.0 Å². The third kappa shape index (κ3) is 3.17. The molecule has 0 atom stereocenters. The largest absolute Gasteiger partial charge is 0.494 e. The lowest BCUT2D eigenvalue weighted by atomic mass is 10.1. The summed E-state index contributed by atoms with van der Waals surface area (Å²) in [5.74, 6) is 0.359. The van der Waals surface area contributed by atoms with Crippen molar-refractivity contribution in [1.82, 2.24) is 5.16 Å². The zero-order valence-corrected chi connectivity index (χ0v) is 14.0. The van der Waals surface area contributed by atoms with Gasteiger partial charge in [0, 0.05) is 11.8 Å². The third-order valence-electron chi connectivity index (χ3n) is 3.48. The van der Waals surface area contributed by atoms with Crippen LogP contribution in [0, 0.1) is 0 Å². The fourth-order valence-electron chi connectivity index (χ4n) is 2.36. The Hall–Kier alpha value is -2.09. The van der Waals surface area contributed by atoms with Gasteiger partial charge < -0.3 is 14.1 Å². The highest BCUT2D eigenvalue weighted by atomic mass is 32.2. The topological polar surface area (TPSA) is 91.0 Å². The first-order valence-electron chi connectivity index (χ1n) is 7.30. The van der Waals surface area contributed by atoms with Gasteiger partial charge in [-0.3, -0.25) is 0 Å². The summed E-state index contributed by atoms with van der Waals surface area (Å²) in [5, 5.41) is 8.26. The molecule has 0 unspecified atom stereocenters. The quantitative estimate of drug-likeness (QED) is 0.851. The second kappa shape index (κ2) is 5.52. The Balaban J connectivity index is 1.90. The molecule has 0 N–H and O–H groups in total. The van der Waals surface area contributed by atoms with E-state index in [-0.39, 0.29) is 17.2 Å². The van der Waals surface area contributed by atoms with Crippen molar-refractivity contribution in [3.63, 3.8) is 0 Å². The zero-order chi connectivity index (χ0) is 16.7. The Bertz CT molecular complexity index is 867. The van der Waals surface area contributed by atoms with Crippen molar-refractivity contribution in [1.29, 1.82) is 0 Å². The Kier molecular flexibility index (Phi) is 3.79. The van der Waals surface area contributed by atoms with Gasteiger partial charge in [-0.1, -0.05) is 10.3 Å². The minimum atomic E-state index is -3.61. The van der Waals surface area contributed by atoms with Crippen molar-refractivity contribution >= 4 is 25.9 Å². The molecule has 1 aliphatic rings. The van der Waals surface area contributed by atoms with Gasteiger partial charge >= 0.3 is 0 Å². The number of hydrogen-bond acceptors (Lipinski definition) is 7. The molecule has 0 bridgehead atoms. The van der Waals surface area contributed by atoms with E-state index in [9.17, 15) is 8.42 Å². The van der Waals surface area contributed by atoms with Crippen LogP contribution in [0.1, 0.15) is 32.9 Å². The molecule has 1 aromatic heterocycles. The van der Waals surface area contributed by atoms with Crippen LogP contribution in [0.2, 0.25) is 0 Å². The van der Waals surface area contributed by atoms with E-state index in [0.717, 1.165) is 0 Å². The SMILES string of the molecule is CCOc1ccc2onc(CS(=O)(=O)C3=NOC(C)(C)C3)c2c1. The minimum absolute atomic E-state index is 0.0413. The molecule has 0 saturated carbocycles. The Morgan fingerprint density at radius 3 is 2.78 bits per heavy atom. The second-order valence-corrected chi connectivity index (χ2v) is 7.98. The summed E-state index contributed by atoms with van der Waals surface area (Å²) in [6, 6.07) is 5.20. The predicted octanol–water partition coefficient (Wildman–Crippen LogP) is 2.65. The summed E-state index contributed by atoms with van der Waals surface area (Å²) in [5.41, 5.74) is 0.258. The van der Waals surface area contributed by atoms with Gasteiger partial charge in [0.25, 0.3) is 0 Å². The third-order valence-corrected chi connectivity index (χ3v) is 5.07. The standard InChI is InChI=1S/C15H18N2O5S/c1-4-20-10-5-6-13-11(7-10)12(16-21-13)9-23(18,19)14-8-15(2,3)22-17-14/h5-7H,4,8-9H2,1-3H3. The summed E-state index contributed by atoms with van der Waals surface area (Å²) < 4.78 is 35.7. The number of benzene rings is 1. The lowest BCUT2D eigenvalue weighted by Crippen LogP contribution is -2.23. The highest BCUT2D eigenvalue weighted by Gasteiger charge is 2.36. The van der Waals surface area contributed by atoms with Gasteiger partial charge in [0.2, 0.25) is 9.84 Å². The summed E-state index contributed by atoms with van der Waals surface area (Å²) in [6.45, 7) is 5.98. The number of sulfone groups is 1. The maximum Gasteiger partial charge on any atom is 0.200 e. The van der Waals surface area contributed by atoms with Gasteiger partial charge in [-0.25, -0.2) is 8.42 Å². The summed E-state index contributed by atoms with van der Waals surface area (Å²) in [6.07, 6.45) is 0.245. The molecule has 0 fully saturated rings. The molecule has 2 aromatic rings. The van der Waals surface area contributed by atoms with Crippen LogP contribution in [-0.2, 0) is 20.4 Å². The molecule has 1 aromatic carbocycles. The van der Waals surface area contributed by atoms with E-state index in [1.54, 1.807) is 32.0 Å². The number of nitrogens with zero attached hydrogens (tertiary/aromatic N) is 2. The molecular formula is C15H18N2O5S. The Labute approximate surface area is 134 Å². The number of ether oxygens (including phenoxy) is 1. The molecule has 8 heteroatoms. The first-order chi connectivity index (χ1) is 10.8. The first-order valence-corrected chi connectivity index (χ1v) is 8.95. The van der Waals surface area contributed by atoms with Crippen LogP contribution in [0.4, 0.5) is 0 Å². The van der Waals surface area contributed by atoms with Crippen molar-refractivity contribution in [3.8, 4) is 5.75 Å². The van der Waals surface area contributed by atoms with Gasteiger partial charge in [0.1, 0.15) is 22.8 Å². The van der Waals surface area contributed by atoms with Crippen LogP contribution in [0.3, 0.4) is 0 Å². The van der Waals surface area contributed by atoms with Crippen LogP contribution in [0.5, 0.6) is 5.75 Å². The molecule has 0 spiro atoms. The number of aromatic nitrogens is 1. The monoisotopic (exact) mass is 338 g/mol. The normalized spacial score (nSPS) is 17.1. The van der Waals surface area contributed by atoms with Crippen LogP contribution >= 0.6 is 0 Å². The van der Waals surface area contributed by atoms with Crippen molar-refractivity contribution in [3.05, 3.63) is 23.9 Å². The van der Waals surface area contributed by atoms with Gasteiger partial charge in [0.05, 0.1) is 6.61 Å². The molecule has 0 aliphatic carbocycles. The number of hydrogen-bond donors (Lipinski definition) is 0. The molecule has 0 radical (unpaired) electrons. The second-order valence-electron chi connectivity index (χ2n) is 5.99. The predicted molar refractivity (Wildman–Crippen MR) is 85.0 cm³/mol. The minimum Gasteiger partial charge on any atom is -0.494 e. The van der Waals surface area contributed by atoms with Gasteiger partial charge in [0.15, 0.2) is 10.6 Å². The van der Waals surface area contributed by atoms with E-state index >= 15 is 0 Å². The van der Waals surface area contributed by atoms with Crippen molar-refractivity contribution in [2.45, 2.75) is 38.5 Å². The lowest BCUT2D eigenvalue weighted by Gasteiger charge is -2.13. The maximum absolute atomic E-state index is 12.5. The van der Waals surface area contributed by atoms with Gasteiger partial charge in [-0.2, -0.15) is 0 Å². The molecular weight excluding hydrogens is 320 g/mol. The number of oxime groups is 1. The molecule has 23 heavy (non-hydrogen) atoms. The first kappa shape index (κ1) is 15.8. The highest BCUT2D eigenvalue weighted by Crippen LogP contribution is 2.29. The fourth-order valence-corrected chi connectivity index (χ4v) is 3.81. The summed E-state index contributed by atoms with van der Waals surface area (Å²) in [4.78, 5) is 5.14.